The zero-order valence-electron chi connectivity index (χ0n) is 18.8. The van der Waals surface area contributed by atoms with Crippen LogP contribution in [-0.4, -0.2) is 25.1 Å². The largest absolute Gasteiger partial charge is 0.496 e. The first-order valence-corrected chi connectivity index (χ1v) is 10.9. The van der Waals surface area contributed by atoms with Crippen LogP contribution < -0.4 is 15.5 Å². The van der Waals surface area contributed by atoms with Gasteiger partial charge in [-0.1, -0.05) is 72.8 Å². The molecule has 1 atom stereocenters. The van der Waals surface area contributed by atoms with Gasteiger partial charge in [0.25, 0.3) is 5.91 Å². The van der Waals surface area contributed by atoms with E-state index >= 15 is 0 Å². The Bertz CT molecular complexity index is 1300. The van der Waals surface area contributed by atoms with Gasteiger partial charge in [-0.15, -0.1) is 0 Å². The minimum Gasteiger partial charge on any atom is -0.496 e. The molecular formula is C28H25N3O3. The summed E-state index contributed by atoms with van der Waals surface area (Å²) in [7, 11) is 1.63. The number of hydrazone groups is 1. The number of hydrogen-bond donors (Lipinski definition) is 2. The van der Waals surface area contributed by atoms with E-state index in [1.807, 2.05) is 72.8 Å². The van der Waals surface area contributed by atoms with Gasteiger partial charge in [-0.05, 0) is 35.2 Å². The summed E-state index contributed by atoms with van der Waals surface area (Å²) in [4.78, 5) is 25.4. The number of fused-ring (bicyclic) bond motifs is 1. The molecule has 0 fully saturated rings. The van der Waals surface area contributed by atoms with Crippen LogP contribution in [0.25, 0.3) is 10.8 Å². The van der Waals surface area contributed by atoms with Gasteiger partial charge in [0.05, 0.1) is 25.8 Å². The zero-order chi connectivity index (χ0) is 23.8. The van der Waals surface area contributed by atoms with Gasteiger partial charge in [0.15, 0.2) is 0 Å². The summed E-state index contributed by atoms with van der Waals surface area (Å²) in [5.74, 6) is 0.225. The molecule has 0 aliphatic heterocycles. The smallest absolute Gasteiger partial charge is 0.251 e. The van der Waals surface area contributed by atoms with Crippen LogP contribution in [0.5, 0.6) is 5.75 Å². The molecule has 0 unspecified atom stereocenters. The quantitative estimate of drug-likeness (QED) is 0.297. The number of ether oxygens (including phenoxy) is 1. The zero-order valence-corrected chi connectivity index (χ0v) is 18.8. The lowest BCUT2D eigenvalue weighted by molar-refractivity contribution is -0.121. The van der Waals surface area contributed by atoms with Gasteiger partial charge in [-0.25, -0.2) is 5.43 Å². The minimum absolute atomic E-state index is 0.0449. The molecule has 170 valence electrons. The maximum atomic E-state index is 12.7. The lowest BCUT2D eigenvalue weighted by atomic mass is 10.0. The molecule has 34 heavy (non-hydrogen) atoms. The monoisotopic (exact) mass is 451 g/mol. The van der Waals surface area contributed by atoms with Crippen molar-refractivity contribution in [3.63, 3.8) is 0 Å². The normalized spacial score (nSPS) is 11.8. The van der Waals surface area contributed by atoms with E-state index in [1.165, 1.54) is 0 Å². The van der Waals surface area contributed by atoms with E-state index in [1.54, 1.807) is 37.6 Å². The van der Waals surface area contributed by atoms with E-state index in [0.717, 1.165) is 27.6 Å². The Morgan fingerprint density at radius 3 is 2.21 bits per heavy atom. The minimum atomic E-state index is -0.495. The molecule has 0 aliphatic rings. The van der Waals surface area contributed by atoms with Gasteiger partial charge in [-0.3, -0.25) is 9.59 Å². The van der Waals surface area contributed by atoms with Crippen molar-refractivity contribution in [2.75, 3.05) is 7.11 Å². The highest BCUT2D eigenvalue weighted by Gasteiger charge is 2.19. The van der Waals surface area contributed by atoms with E-state index in [-0.39, 0.29) is 18.2 Å². The third-order valence-corrected chi connectivity index (χ3v) is 5.46. The third kappa shape index (κ3) is 5.48. The second-order valence-corrected chi connectivity index (χ2v) is 7.70. The Morgan fingerprint density at radius 2 is 1.50 bits per heavy atom. The molecule has 6 heteroatoms. The highest BCUT2D eigenvalue weighted by atomic mass is 16.5. The first-order valence-electron chi connectivity index (χ1n) is 10.9. The molecule has 6 nitrogen and oxygen atoms in total. The molecule has 0 saturated carbocycles. The molecular weight excluding hydrogens is 426 g/mol. The lowest BCUT2D eigenvalue weighted by Gasteiger charge is -2.18. The van der Waals surface area contributed by atoms with Crippen LogP contribution in [0.15, 0.2) is 102 Å². The van der Waals surface area contributed by atoms with Crippen molar-refractivity contribution in [1.29, 1.82) is 0 Å². The average Bonchev–Trinajstić information content (AvgIpc) is 2.89. The van der Waals surface area contributed by atoms with Crippen LogP contribution in [-0.2, 0) is 4.79 Å². The molecule has 0 aliphatic carbocycles. The van der Waals surface area contributed by atoms with E-state index in [9.17, 15) is 9.59 Å². The number of carbonyl (C=O) groups is 2. The molecule has 0 spiro atoms. The first kappa shape index (κ1) is 22.7. The van der Waals surface area contributed by atoms with E-state index in [2.05, 4.69) is 15.8 Å². The fraction of sp³-hybridized carbons (Fsp3) is 0.107. The number of methoxy groups -OCH3 is 1. The third-order valence-electron chi connectivity index (χ3n) is 5.46. The van der Waals surface area contributed by atoms with Gasteiger partial charge in [-0.2, -0.15) is 5.10 Å². The topological polar surface area (TPSA) is 79.8 Å². The van der Waals surface area contributed by atoms with Crippen LogP contribution in [0.1, 0.15) is 33.9 Å². The number of carbonyl (C=O) groups excluding carboxylic acids is 2. The number of hydrogen-bond acceptors (Lipinski definition) is 4. The summed E-state index contributed by atoms with van der Waals surface area (Å²) >= 11 is 0. The molecule has 0 bridgehead atoms. The van der Waals surface area contributed by atoms with Crippen molar-refractivity contribution >= 4 is 28.8 Å². The first-order chi connectivity index (χ1) is 16.7. The van der Waals surface area contributed by atoms with Gasteiger partial charge in [0.1, 0.15) is 5.75 Å². The Kier molecular flexibility index (Phi) is 7.30. The number of nitrogens with one attached hydrogen (secondary N) is 2. The number of amides is 2. The number of rotatable bonds is 8. The predicted octanol–water partition coefficient (Wildman–Crippen LogP) is 4.86. The van der Waals surface area contributed by atoms with Crippen molar-refractivity contribution in [3.05, 3.63) is 114 Å². The average molecular weight is 452 g/mol. The van der Waals surface area contributed by atoms with Crippen LogP contribution in [0, 0.1) is 0 Å². The second kappa shape index (κ2) is 10.9. The molecule has 0 saturated heterocycles. The van der Waals surface area contributed by atoms with Crippen molar-refractivity contribution in [2.24, 2.45) is 5.10 Å². The van der Waals surface area contributed by atoms with Crippen molar-refractivity contribution in [3.8, 4) is 5.75 Å². The van der Waals surface area contributed by atoms with E-state index < -0.39 is 6.04 Å². The lowest BCUT2D eigenvalue weighted by Crippen LogP contribution is -2.32. The maximum Gasteiger partial charge on any atom is 0.251 e. The summed E-state index contributed by atoms with van der Waals surface area (Å²) in [6.45, 7) is 0. The summed E-state index contributed by atoms with van der Waals surface area (Å²) < 4.78 is 5.43. The summed E-state index contributed by atoms with van der Waals surface area (Å²) in [5, 5.41) is 9.05. The van der Waals surface area contributed by atoms with Crippen molar-refractivity contribution in [2.45, 2.75) is 12.5 Å². The van der Waals surface area contributed by atoms with Crippen LogP contribution in [0.2, 0.25) is 0 Å². The Balaban J connectivity index is 1.47. The summed E-state index contributed by atoms with van der Waals surface area (Å²) in [5.41, 5.74) is 4.82. The molecule has 2 N–H and O–H groups in total. The fourth-order valence-corrected chi connectivity index (χ4v) is 3.76. The Labute approximate surface area is 198 Å². The molecule has 2 amide bonds. The van der Waals surface area contributed by atoms with Crippen LogP contribution >= 0.6 is 0 Å². The van der Waals surface area contributed by atoms with Crippen LogP contribution in [0.4, 0.5) is 0 Å². The Hall–Kier alpha value is -4.45. The van der Waals surface area contributed by atoms with Gasteiger partial charge in [0, 0.05) is 16.5 Å². The van der Waals surface area contributed by atoms with E-state index in [4.69, 9.17) is 4.74 Å². The second-order valence-electron chi connectivity index (χ2n) is 7.70. The highest BCUT2D eigenvalue weighted by molar-refractivity contribution is 6.02. The maximum absolute atomic E-state index is 12.7. The molecule has 4 aromatic carbocycles. The summed E-state index contributed by atoms with van der Waals surface area (Å²) in [6.07, 6.45) is 1.66. The molecule has 0 aromatic heterocycles. The van der Waals surface area contributed by atoms with Gasteiger partial charge in [0.2, 0.25) is 5.91 Å². The highest BCUT2D eigenvalue weighted by Crippen LogP contribution is 2.27. The standard InChI is InChI=1S/C28H25N3O3/c1-34-26-17-16-22(23-14-8-9-15-24(23)26)19-29-31-27(32)18-25(20-10-4-2-5-11-20)30-28(33)21-12-6-3-7-13-21/h2-17,19,25H,18H2,1H3,(H,30,33)(H,31,32)/b29-19-/t25-/m0/s1. The molecule has 4 rings (SSSR count). The fourth-order valence-electron chi connectivity index (χ4n) is 3.76. The summed E-state index contributed by atoms with van der Waals surface area (Å²) in [6, 6.07) is 29.5. The molecule has 4 aromatic rings. The molecule has 0 heterocycles. The SMILES string of the molecule is COc1ccc(/C=N\NC(=O)C[C@H](NC(=O)c2ccccc2)c2ccccc2)c2ccccc12. The number of benzene rings is 4. The number of nitrogens with zero attached hydrogens (tertiary/aromatic N) is 1. The van der Waals surface area contributed by atoms with Crippen LogP contribution in [0.3, 0.4) is 0 Å². The Morgan fingerprint density at radius 1 is 0.853 bits per heavy atom. The van der Waals surface area contributed by atoms with Gasteiger partial charge < -0.3 is 10.1 Å². The predicted molar refractivity (Wildman–Crippen MR) is 134 cm³/mol. The van der Waals surface area contributed by atoms with E-state index in [0.29, 0.717) is 5.56 Å². The van der Waals surface area contributed by atoms with Crippen molar-refractivity contribution in [1.82, 2.24) is 10.7 Å². The van der Waals surface area contributed by atoms with Crippen molar-refractivity contribution < 1.29 is 14.3 Å². The van der Waals surface area contributed by atoms with Gasteiger partial charge >= 0.3 is 0 Å². The molecule has 0 radical (unpaired) electrons.